The first-order chi connectivity index (χ1) is 8.75. The molecule has 1 aromatic carbocycles. The molecule has 3 aromatic rings. The third-order valence-corrected chi connectivity index (χ3v) is 2.52. The molecule has 2 heterocycles. The van der Waals surface area contributed by atoms with E-state index in [1.54, 1.807) is 36.7 Å². The second-order valence-electron chi connectivity index (χ2n) is 3.64. The second-order valence-corrected chi connectivity index (χ2v) is 3.64. The van der Waals surface area contributed by atoms with Crippen LogP contribution in [0.25, 0.3) is 22.6 Å². The Morgan fingerprint density at radius 1 is 1.22 bits per heavy atom. The van der Waals surface area contributed by atoms with E-state index in [0.717, 1.165) is 0 Å². The molecule has 6 nitrogen and oxygen atoms in total. The van der Waals surface area contributed by atoms with Crippen molar-refractivity contribution in [2.24, 2.45) is 0 Å². The standard InChI is InChI=1S/C12H7N3O3/c16-15(17)10-4-2-1-3-8(10)12-14-9-7-13-6-5-11(9)18-12/h1-7H. The fourth-order valence-electron chi connectivity index (χ4n) is 1.71. The van der Waals surface area contributed by atoms with E-state index in [-0.39, 0.29) is 11.6 Å². The van der Waals surface area contributed by atoms with Gasteiger partial charge in [-0.1, -0.05) is 12.1 Å². The number of hydrogen-bond acceptors (Lipinski definition) is 5. The lowest BCUT2D eigenvalue weighted by Crippen LogP contribution is -1.91. The quantitative estimate of drug-likeness (QED) is 0.509. The van der Waals surface area contributed by atoms with Crippen LogP contribution in [0.4, 0.5) is 5.69 Å². The topological polar surface area (TPSA) is 82.1 Å². The van der Waals surface area contributed by atoms with Gasteiger partial charge in [0.2, 0.25) is 5.89 Å². The van der Waals surface area contributed by atoms with Crippen LogP contribution in [0.5, 0.6) is 0 Å². The zero-order chi connectivity index (χ0) is 12.5. The summed E-state index contributed by atoms with van der Waals surface area (Å²) in [6, 6.07) is 8.00. The number of aromatic nitrogens is 2. The maximum atomic E-state index is 10.9. The minimum atomic E-state index is -0.456. The van der Waals surface area contributed by atoms with Crippen LogP contribution in [-0.2, 0) is 0 Å². The molecule has 0 saturated carbocycles. The van der Waals surface area contributed by atoms with Crippen molar-refractivity contribution in [2.75, 3.05) is 0 Å². The Morgan fingerprint density at radius 3 is 2.83 bits per heavy atom. The molecule has 6 heteroatoms. The Bertz CT molecular complexity index is 703. The molecule has 0 unspecified atom stereocenters. The Hall–Kier alpha value is -2.76. The van der Waals surface area contributed by atoms with E-state index in [1.807, 2.05) is 0 Å². The highest BCUT2D eigenvalue weighted by Crippen LogP contribution is 2.30. The van der Waals surface area contributed by atoms with E-state index in [4.69, 9.17) is 4.42 Å². The van der Waals surface area contributed by atoms with Crippen LogP contribution in [0.1, 0.15) is 0 Å². The maximum Gasteiger partial charge on any atom is 0.282 e. The highest BCUT2D eigenvalue weighted by Gasteiger charge is 2.18. The van der Waals surface area contributed by atoms with Crippen LogP contribution in [0.15, 0.2) is 47.1 Å². The van der Waals surface area contributed by atoms with Gasteiger partial charge < -0.3 is 4.42 Å². The Labute approximate surface area is 101 Å². The number of benzene rings is 1. The van der Waals surface area contributed by atoms with Crippen LogP contribution in [-0.4, -0.2) is 14.9 Å². The summed E-state index contributed by atoms with van der Waals surface area (Å²) >= 11 is 0. The van der Waals surface area contributed by atoms with E-state index in [0.29, 0.717) is 16.7 Å². The van der Waals surface area contributed by atoms with Crippen molar-refractivity contribution in [2.45, 2.75) is 0 Å². The van der Waals surface area contributed by atoms with Gasteiger partial charge in [-0.15, -0.1) is 0 Å². The van der Waals surface area contributed by atoms with Gasteiger partial charge in [-0.2, -0.15) is 0 Å². The molecule has 0 aliphatic carbocycles. The third kappa shape index (κ3) is 1.60. The van der Waals surface area contributed by atoms with Crippen LogP contribution >= 0.6 is 0 Å². The first-order valence-electron chi connectivity index (χ1n) is 5.20. The van der Waals surface area contributed by atoms with Gasteiger partial charge >= 0.3 is 0 Å². The summed E-state index contributed by atoms with van der Waals surface area (Å²) in [5.41, 5.74) is 1.46. The fraction of sp³-hybridized carbons (Fsp3) is 0. The number of nitro groups is 1. The number of rotatable bonds is 2. The predicted octanol–water partition coefficient (Wildman–Crippen LogP) is 2.80. The summed E-state index contributed by atoms with van der Waals surface area (Å²) in [5.74, 6) is 0.227. The number of nitro benzene ring substituents is 1. The van der Waals surface area contributed by atoms with E-state index < -0.39 is 4.92 Å². The molecule has 0 atom stereocenters. The monoisotopic (exact) mass is 241 g/mol. The van der Waals surface area contributed by atoms with Gasteiger partial charge in [0, 0.05) is 18.3 Å². The molecule has 0 bridgehead atoms. The molecule has 0 saturated heterocycles. The molecular formula is C12H7N3O3. The summed E-state index contributed by atoms with van der Waals surface area (Å²) in [4.78, 5) is 18.6. The lowest BCUT2D eigenvalue weighted by molar-refractivity contribution is -0.384. The van der Waals surface area contributed by atoms with Gasteiger partial charge in [-0.05, 0) is 6.07 Å². The molecule has 3 rings (SSSR count). The molecule has 0 aliphatic rings. The molecule has 0 spiro atoms. The van der Waals surface area contributed by atoms with E-state index in [1.165, 1.54) is 6.07 Å². The zero-order valence-electron chi connectivity index (χ0n) is 9.11. The van der Waals surface area contributed by atoms with Crippen LogP contribution < -0.4 is 0 Å². The molecular weight excluding hydrogens is 234 g/mol. The summed E-state index contributed by atoms with van der Waals surface area (Å²) in [5, 5.41) is 10.9. The predicted molar refractivity (Wildman–Crippen MR) is 63.9 cm³/mol. The number of oxazole rings is 1. The van der Waals surface area contributed by atoms with Crippen molar-refractivity contribution in [3.05, 3.63) is 52.8 Å². The summed E-state index contributed by atoms with van der Waals surface area (Å²) in [7, 11) is 0. The van der Waals surface area contributed by atoms with Crippen molar-refractivity contribution in [3.8, 4) is 11.5 Å². The van der Waals surface area contributed by atoms with Crippen molar-refractivity contribution in [1.29, 1.82) is 0 Å². The lowest BCUT2D eigenvalue weighted by atomic mass is 10.2. The highest BCUT2D eigenvalue weighted by molar-refractivity contribution is 5.77. The maximum absolute atomic E-state index is 10.9. The minimum absolute atomic E-state index is 0.0305. The number of hydrogen-bond donors (Lipinski definition) is 0. The van der Waals surface area contributed by atoms with E-state index in [2.05, 4.69) is 9.97 Å². The first kappa shape index (κ1) is 10.4. The van der Waals surface area contributed by atoms with Gasteiger partial charge in [0.1, 0.15) is 11.1 Å². The van der Waals surface area contributed by atoms with Gasteiger partial charge in [0.25, 0.3) is 5.69 Å². The van der Waals surface area contributed by atoms with Gasteiger partial charge in [-0.25, -0.2) is 4.98 Å². The molecule has 2 aromatic heterocycles. The number of nitrogens with zero attached hydrogens (tertiary/aromatic N) is 3. The fourth-order valence-corrected chi connectivity index (χ4v) is 1.71. The van der Waals surface area contributed by atoms with Crippen LogP contribution in [0, 0.1) is 10.1 Å². The SMILES string of the molecule is O=[N+]([O-])c1ccccc1-c1nc2cnccc2o1. The molecule has 0 aliphatic heterocycles. The summed E-state index contributed by atoms with van der Waals surface area (Å²) < 4.78 is 5.49. The van der Waals surface area contributed by atoms with Crippen molar-refractivity contribution in [1.82, 2.24) is 9.97 Å². The molecule has 18 heavy (non-hydrogen) atoms. The van der Waals surface area contributed by atoms with Crippen molar-refractivity contribution < 1.29 is 9.34 Å². The highest BCUT2D eigenvalue weighted by atomic mass is 16.6. The molecule has 0 fully saturated rings. The van der Waals surface area contributed by atoms with Gasteiger partial charge in [-0.3, -0.25) is 15.1 Å². The second kappa shape index (κ2) is 3.92. The summed E-state index contributed by atoms with van der Waals surface area (Å²) in [6.07, 6.45) is 3.13. The molecule has 0 N–H and O–H groups in total. The minimum Gasteiger partial charge on any atom is -0.436 e. The molecule has 88 valence electrons. The number of pyridine rings is 1. The summed E-state index contributed by atoms with van der Waals surface area (Å²) in [6.45, 7) is 0. The van der Waals surface area contributed by atoms with Crippen LogP contribution in [0.2, 0.25) is 0 Å². The first-order valence-corrected chi connectivity index (χ1v) is 5.20. The van der Waals surface area contributed by atoms with Crippen LogP contribution in [0.3, 0.4) is 0 Å². The Balaban J connectivity index is 2.23. The lowest BCUT2D eigenvalue weighted by Gasteiger charge is -1.96. The van der Waals surface area contributed by atoms with E-state index in [9.17, 15) is 10.1 Å². The number of para-hydroxylation sites is 1. The average Bonchev–Trinajstić information content (AvgIpc) is 2.82. The normalized spacial score (nSPS) is 10.7. The Morgan fingerprint density at radius 2 is 2.06 bits per heavy atom. The van der Waals surface area contributed by atoms with Crippen molar-refractivity contribution in [3.63, 3.8) is 0 Å². The smallest absolute Gasteiger partial charge is 0.282 e. The Kier molecular flexibility index (Phi) is 2.26. The van der Waals surface area contributed by atoms with Crippen molar-refractivity contribution >= 4 is 16.8 Å². The third-order valence-electron chi connectivity index (χ3n) is 2.52. The molecule has 0 amide bonds. The largest absolute Gasteiger partial charge is 0.436 e. The van der Waals surface area contributed by atoms with Gasteiger partial charge in [0.15, 0.2) is 5.58 Å². The number of fused-ring (bicyclic) bond motifs is 1. The zero-order valence-corrected chi connectivity index (χ0v) is 9.11. The molecule has 0 radical (unpaired) electrons. The van der Waals surface area contributed by atoms with E-state index >= 15 is 0 Å². The van der Waals surface area contributed by atoms with Gasteiger partial charge in [0.05, 0.1) is 11.1 Å². The average molecular weight is 241 g/mol.